The summed E-state index contributed by atoms with van der Waals surface area (Å²) in [4.78, 5) is 11.3. The largest absolute Gasteiger partial charge is 0.334 e. The van der Waals surface area contributed by atoms with Gasteiger partial charge in [0.1, 0.15) is 0 Å². The van der Waals surface area contributed by atoms with E-state index < -0.39 is 16.1 Å². The lowest BCUT2D eigenvalue weighted by molar-refractivity contribution is 0.256. The number of unbranched alkanes of at least 4 members (excludes halogenated alkanes) is 2. The molecule has 0 radical (unpaired) electrons. The lowest BCUT2D eigenvalue weighted by atomic mass is 10.3. The highest BCUT2D eigenvalue weighted by atomic mass is 32.2. The molecule has 0 aliphatic rings. The number of amides is 2. The van der Waals surface area contributed by atoms with E-state index in [1.165, 1.54) is 6.20 Å². The zero-order chi connectivity index (χ0) is 12.7. The van der Waals surface area contributed by atoms with Gasteiger partial charge in [0, 0.05) is 0 Å². The highest BCUT2D eigenvalue weighted by molar-refractivity contribution is 7.90. The molecule has 9 heteroatoms. The first-order valence-electron chi connectivity index (χ1n) is 5.21. The molecule has 0 aliphatic carbocycles. The van der Waals surface area contributed by atoms with Crippen LogP contribution < -0.4 is 10.0 Å². The Morgan fingerprint density at radius 3 is 2.82 bits per heavy atom. The number of carbonyl (C=O) groups is 1. The van der Waals surface area contributed by atoms with E-state index in [4.69, 9.17) is 0 Å². The predicted molar refractivity (Wildman–Crippen MR) is 61.8 cm³/mol. The van der Waals surface area contributed by atoms with Crippen LogP contribution in [0.15, 0.2) is 6.20 Å². The molecule has 1 heterocycles. The molecule has 1 aromatic heterocycles. The Morgan fingerprint density at radius 2 is 2.24 bits per heavy atom. The monoisotopic (exact) mass is 261 g/mol. The van der Waals surface area contributed by atoms with E-state index in [-0.39, 0.29) is 11.6 Å². The van der Waals surface area contributed by atoms with Crippen LogP contribution in [0.4, 0.5) is 10.6 Å². The number of sulfonamides is 1. The Kier molecular flexibility index (Phi) is 4.88. The van der Waals surface area contributed by atoms with Crippen LogP contribution in [0.3, 0.4) is 0 Å². The van der Waals surface area contributed by atoms with E-state index in [2.05, 4.69) is 20.7 Å². The predicted octanol–water partition coefficient (Wildman–Crippen LogP) is 0.446. The van der Waals surface area contributed by atoms with Gasteiger partial charge in [-0.1, -0.05) is 19.8 Å². The van der Waals surface area contributed by atoms with Gasteiger partial charge in [-0.15, -0.1) is 5.10 Å². The average molecular weight is 261 g/mol. The molecule has 0 saturated carbocycles. The van der Waals surface area contributed by atoms with Gasteiger partial charge in [0.15, 0.2) is 5.82 Å². The molecule has 0 spiro atoms. The SMILES string of the molecule is CCCCCS(=O)(=O)NC(=O)Nc1cn[nH]n1. The minimum absolute atomic E-state index is 0.0624. The highest BCUT2D eigenvalue weighted by Gasteiger charge is 2.14. The first-order chi connectivity index (χ1) is 8.03. The zero-order valence-electron chi connectivity index (χ0n) is 9.43. The maximum Gasteiger partial charge on any atom is 0.334 e. The van der Waals surface area contributed by atoms with Crippen LogP contribution >= 0.6 is 0 Å². The Hall–Kier alpha value is -1.64. The molecule has 2 amide bonds. The number of rotatable bonds is 6. The maximum absolute atomic E-state index is 11.4. The molecule has 0 saturated heterocycles. The summed E-state index contributed by atoms with van der Waals surface area (Å²) < 4.78 is 24.8. The number of aromatic nitrogens is 3. The second-order valence-corrected chi connectivity index (χ2v) is 5.28. The Balaban J connectivity index is 2.39. The van der Waals surface area contributed by atoms with Crippen molar-refractivity contribution in [2.75, 3.05) is 11.1 Å². The van der Waals surface area contributed by atoms with Crippen LogP contribution in [0.25, 0.3) is 0 Å². The number of hydrogen-bond donors (Lipinski definition) is 3. The molecule has 0 fully saturated rings. The summed E-state index contributed by atoms with van der Waals surface area (Å²) in [6.45, 7) is 1.97. The van der Waals surface area contributed by atoms with Crippen molar-refractivity contribution in [1.29, 1.82) is 0 Å². The fourth-order valence-corrected chi connectivity index (χ4v) is 2.16. The standard InChI is InChI=1S/C8H15N5O3S/c1-2-3-4-5-17(15,16)12-8(14)10-7-6-9-13-11-7/h6H,2-5H2,1H3,(H3,9,10,11,12,13,14). The fraction of sp³-hybridized carbons (Fsp3) is 0.625. The fourth-order valence-electron chi connectivity index (χ4n) is 1.14. The molecule has 0 atom stereocenters. The summed E-state index contributed by atoms with van der Waals surface area (Å²) >= 11 is 0. The van der Waals surface area contributed by atoms with Gasteiger partial charge in [-0.05, 0) is 6.42 Å². The molecule has 8 nitrogen and oxygen atoms in total. The van der Waals surface area contributed by atoms with Crippen molar-refractivity contribution < 1.29 is 13.2 Å². The summed E-state index contributed by atoms with van der Waals surface area (Å²) in [5.41, 5.74) is 0. The number of aromatic amines is 1. The van der Waals surface area contributed by atoms with Crippen molar-refractivity contribution in [1.82, 2.24) is 20.1 Å². The van der Waals surface area contributed by atoms with Gasteiger partial charge in [0.25, 0.3) is 0 Å². The van der Waals surface area contributed by atoms with Crippen molar-refractivity contribution in [3.05, 3.63) is 6.20 Å². The third-order valence-corrected chi connectivity index (χ3v) is 3.24. The van der Waals surface area contributed by atoms with Crippen molar-refractivity contribution >= 4 is 21.9 Å². The van der Waals surface area contributed by atoms with Crippen LogP contribution in [0, 0.1) is 0 Å². The van der Waals surface area contributed by atoms with E-state index in [0.717, 1.165) is 12.8 Å². The van der Waals surface area contributed by atoms with Gasteiger partial charge in [0.05, 0.1) is 11.9 Å². The minimum Gasteiger partial charge on any atom is -0.289 e. The summed E-state index contributed by atoms with van der Waals surface area (Å²) in [5.74, 6) is 0.0961. The van der Waals surface area contributed by atoms with E-state index in [1.54, 1.807) is 0 Å². The zero-order valence-corrected chi connectivity index (χ0v) is 10.2. The van der Waals surface area contributed by atoms with Crippen LogP contribution in [-0.2, 0) is 10.0 Å². The van der Waals surface area contributed by atoms with E-state index in [1.807, 2.05) is 11.6 Å². The quantitative estimate of drug-likeness (QED) is 0.642. The second kappa shape index (κ2) is 6.18. The summed E-state index contributed by atoms with van der Waals surface area (Å²) in [5, 5.41) is 11.5. The van der Waals surface area contributed by atoms with Gasteiger partial charge in [0.2, 0.25) is 10.0 Å². The topological polar surface area (TPSA) is 117 Å². The molecule has 1 rings (SSSR count). The number of carbonyl (C=O) groups excluding carboxylic acids is 1. The number of nitrogens with zero attached hydrogens (tertiary/aromatic N) is 2. The molecular weight excluding hydrogens is 246 g/mol. The summed E-state index contributed by atoms with van der Waals surface area (Å²) in [6, 6.07) is -0.838. The molecular formula is C8H15N5O3S. The Labute approximate surface area is 99.2 Å². The van der Waals surface area contributed by atoms with Crippen molar-refractivity contribution in [3.63, 3.8) is 0 Å². The molecule has 96 valence electrons. The summed E-state index contributed by atoms with van der Waals surface area (Å²) in [7, 11) is -3.58. The number of urea groups is 1. The molecule has 0 bridgehead atoms. The smallest absolute Gasteiger partial charge is 0.289 e. The molecule has 0 aliphatic heterocycles. The van der Waals surface area contributed by atoms with Crippen LogP contribution in [0.5, 0.6) is 0 Å². The first kappa shape index (κ1) is 13.4. The Morgan fingerprint density at radius 1 is 1.47 bits per heavy atom. The van der Waals surface area contributed by atoms with Crippen LogP contribution in [0.2, 0.25) is 0 Å². The van der Waals surface area contributed by atoms with Crippen molar-refractivity contribution in [2.45, 2.75) is 26.2 Å². The van der Waals surface area contributed by atoms with Gasteiger partial charge < -0.3 is 0 Å². The maximum atomic E-state index is 11.4. The van der Waals surface area contributed by atoms with E-state index in [0.29, 0.717) is 6.42 Å². The van der Waals surface area contributed by atoms with Crippen molar-refractivity contribution in [2.24, 2.45) is 0 Å². The average Bonchev–Trinajstić information content (AvgIpc) is 2.69. The van der Waals surface area contributed by atoms with E-state index >= 15 is 0 Å². The molecule has 0 aromatic carbocycles. The molecule has 17 heavy (non-hydrogen) atoms. The van der Waals surface area contributed by atoms with Gasteiger partial charge in [-0.25, -0.2) is 17.9 Å². The van der Waals surface area contributed by atoms with Crippen molar-refractivity contribution in [3.8, 4) is 0 Å². The summed E-state index contributed by atoms with van der Waals surface area (Å²) in [6.07, 6.45) is 3.53. The normalized spacial score (nSPS) is 11.1. The number of nitrogens with one attached hydrogen (secondary N) is 3. The number of hydrogen-bond acceptors (Lipinski definition) is 5. The first-order valence-corrected chi connectivity index (χ1v) is 6.86. The minimum atomic E-state index is -3.58. The molecule has 0 unspecified atom stereocenters. The highest BCUT2D eigenvalue weighted by Crippen LogP contribution is 1.99. The third kappa shape index (κ3) is 5.29. The van der Waals surface area contributed by atoms with Gasteiger partial charge in [-0.3, -0.25) is 5.32 Å². The van der Waals surface area contributed by atoms with E-state index in [9.17, 15) is 13.2 Å². The molecule has 3 N–H and O–H groups in total. The second-order valence-electron chi connectivity index (χ2n) is 3.44. The lowest BCUT2D eigenvalue weighted by Gasteiger charge is -2.06. The van der Waals surface area contributed by atoms with Crippen LogP contribution in [0.1, 0.15) is 26.2 Å². The number of anilines is 1. The third-order valence-electron chi connectivity index (χ3n) is 1.92. The number of H-pyrrole nitrogens is 1. The lowest BCUT2D eigenvalue weighted by Crippen LogP contribution is -2.36. The van der Waals surface area contributed by atoms with Gasteiger partial charge in [-0.2, -0.15) is 10.3 Å². The Bertz CT molecular complexity index is 442. The van der Waals surface area contributed by atoms with Gasteiger partial charge >= 0.3 is 6.03 Å². The molecule has 1 aromatic rings. The van der Waals surface area contributed by atoms with Crippen LogP contribution in [-0.4, -0.2) is 35.6 Å².